The minimum absolute atomic E-state index is 0.578. The van der Waals surface area contributed by atoms with Gasteiger partial charge < -0.3 is 18.0 Å². The smallest absolute Gasteiger partial charge is 0.136 e. The van der Waals surface area contributed by atoms with Gasteiger partial charge in [0.15, 0.2) is 0 Å². The van der Waals surface area contributed by atoms with E-state index >= 15 is 0 Å². The lowest BCUT2D eigenvalue weighted by molar-refractivity contribution is 0.668. The van der Waals surface area contributed by atoms with Crippen LogP contribution >= 0.6 is 0 Å². The molecule has 0 atom stereocenters. The number of aromatic nitrogens is 2. The van der Waals surface area contributed by atoms with E-state index in [1.54, 1.807) is 0 Å². The van der Waals surface area contributed by atoms with Gasteiger partial charge in [0.25, 0.3) is 0 Å². The SMILES string of the molecule is N#Cc1ccc2c(c1)c1cc(C#N)ccc1n2-c1ccc2oc3ccc(-n4c5ccccc5c5c6c(ccc54)oc4ccccc46)cc3c2c1. The Morgan fingerprint density at radius 2 is 0.880 bits per heavy atom. The number of furan rings is 2. The molecule has 11 aromatic rings. The van der Waals surface area contributed by atoms with Crippen molar-refractivity contribution in [3.05, 3.63) is 145 Å². The van der Waals surface area contributed by atoms with Crippen LogP contribution in [0.25, 0.3) is 98.9 Å². The monoisotopic (exact) mass is 638 g/mol. The molecule has 0 aliphatic heterocycles. The minimum atomic E-state index is 0.578. The fraction of sp³-hybridized carbons (Fsp3) is 0. The maximum Gasteiger partial charge on any atom is 0.136 e. The van der Waals surface area contributed by atoms with Crippen LogP contribution in [-0.4, -0.2) is 9.13 Å². The largest absolute Gasteiger partial charge is 0.456 e. The Bertz CT molecular complexity index is 3280. The molecule has 6 nitrogen and oxygen atoms in total. The Hall–Kier alpha value is -7.28. The molecule has 0 N–H and O–H groups in total. The molecule has 0 spiro atoms. The van der Waals surface area contributed by atoms with E-state index in [0.29, 0.717) is 11.1 Å². The molecule has 50 heavy (non-hydrogen) atoms. The van der Waals surface area contributed by atoms with Crippen LogP contribution in [0.1, 0.15) is 11.1 Å². The highest BCUT2D eigenvalue weighted by molar-refractivity contribution is 6.27. The lowest BCUT2D eigenvalue weighted by Crippen LogP contribution is -1.94. The van der Waals surface area contributed by atoms with Gasteiger partial charge in [0, 0.05) is 54.5 Å². The molecule has 6 heteroatoms. The molecule has 0 radical (unpaired) electrons. The molecular formula is C44H22N4O2. The van der Waals surface area contributed by atoms with Crippen LogP contribution in [0.15, 0.2) is 142 Å². The summed E-state index contributed by atoms with van der Waals surface area (Å²) in [5, 5.41) is 27.8. The minimum Gasteiger partial charge on any atom is -0.456 e. The van der Waals surface area contributed by atoms with Crippen LogP contribution < -0.4 is 0 Å². The predicted octanol–water partition coefficient (Wildman–Crippen LogP) is 11.4. The van der Waals surface area contributed by atoms with Crippen molar-refractivity contribution in [2.24, 2.45) is 0 Å². The van der Waals surface area contributed by atoms with E-state index in [-0.39, 0.29) is 0 Å². The van der Waals surface area contributed by atoms with Gasteiger partial charge in [-0.25, -0.2) is 0 Å². The van der Waals surface area contributed by atoms with Crippen molar-refractivity contribution in [2.75, 3.05) is 0 Å². The van der Waals surface area contributed by atoms with Crippen LogP contribution in [0, 0.1) is 22.7 Å². The van der Waals surface area contributed by atoms with Crippen LogP contribution in [0.2, 0.25) is 0 Å². The number of hydrogen-bond donors (Lipinski definition) is 0. The summed E-state index contributed by atoms with van der Waals surface area (Å²) in [6.07, 6.45) is 0. The molecule has 11 rings (SSSR count). The molecule has 0 aliphatic rings. The summed E-state index contributed by atoms with van der Waals surface area (Å²) < 4.78 is 17.2. The molecule has 0 bridgehead atoms. The van der Waals surface area contributed by atoms with Crippen LogP contribution in [-0.2, 0) is 0 Å². The zero-order valence-electron chi connectivity index (χ0n) is 26.3. The molecule has 0 saturated heterocycles. The van der Waals surface area contributed by atoms with Crippen LogP contribution in [0.5, 0.6) is 0 Å². The summed E-state index contributed by atoms with van der Waals surface area (Å²) in [6, 6.07) is 49.7. The first kappa shape index (κ1) is 26.8. The molecule has 0 amide bonds. The van der Waals surface area contributed by atoms with Crippen molar-refractivity contribution >= 4 is 87.5 Å². The topological polar surface area (TPSA) is 83.7 Å². The third-order valence-electron chi connectivity index (χ3n) is 10.2. The highest BCUT2D eigenvalue weighted by Crippen LogP contribution is 2.42. The second-order valence-corrected chi connectivity index (χ2v) is 12.8. The molecule has 0 unspecified atom stereocenters. The molecule has 0 aliphatic carbocycles. The van der Waals surface area contributed by atoms with Gasteiger partial charge in [-0.05, 0) is 97.1 Å². The number of rotatable bonds is 2. The van der Waals surface area contributed by atoms with E-state index in [1.807, 2.05) is 54.6 Å². The van der Waals surface area contributed by atoms with E-state index in [2.05, 4.69) is 100 Å². The van der Waals surface area contributed by atoms with Gasteiger partial charge in [-0.3, -0.25) is 0 Å². The molecule has 0 fully saturated rings. The lowest BCUT2D eigenvalue weighted by Gasteiger charge is -2.09. The van der Waals surface area contributed by atoms with Crippen molar-refractivity contribution in [3.8, 4) is 23.5 Å². The number of nitriles is 2. The number of hydrogen-bond acceptors (Lipinski definition) is 4. The van der Waals surface area contributed by atoms with Gasteiger partial charge in [-0.15, -0.1) is 0 Å². The standard InChI is InChI=1S/C44H22N4O2/c45-23-25-9-13-36-31(19-25)32-20-26(24-46)10-14-37(32)47(36)27-11-16-40-33(21-27)34-22-28(12-17-41(34)49-40)48-35-7-3-1-5-29(35)43-38(48)15-18-42-44(43)30-6-2-4-8-39(30)50-42/h1-22H. The van der Waals surface area contributed by atoms with E-state index in [4.69, 9.17) is 8.83 Å². The van der Waals surface area contributed by atoms with Gasteiger partial charge in [0.1, 0.15) is 22.3 Å². The van der Waals surface area contributed by atoms with Gasteiger partial charge >= 0.3 is 0 Å². The van der Waals surface area contributed by atoms with Crippen molar-refractivity contribution in [2.45, 2.75) is 0 Å². The van der Waals surface area contributed by atoms with Gasteiger partial charge in [0.05, 0.1) is 45.3 Å². The van der Waals surface area contributed by atoms with Gasteiger partial charge in [0.2, 0.25) is 0 Å². The average Bonchev–Trinajstić information content (AvgIpc) is 3.91. The van der Waals surface area contributed by atoms with Crippen molar-refractivity contribution in [1.29, 1.82) is 10.5 Å². The first-order chi connectivity index (χ1) is 24.7. The van der Waals surface area contributed by atoms with E-state index in [9.17, 15) is 10.5 Å². The maximum atomic E-state index is 9.65. The van der Waals surface area contributed by atoms with E-state index < -0.39 is 0 Å². The van der Waals surface area contributed by atoms with Crippen molar-refractivity contribution in [3.63, 3.8) is 0 Å². The quantitative estimate of drug-likeness (QED) is 0.189. The first-order valence-electron chi connectivity index (χ1n) is 16.4. The number of nitrogens with zero attached hydrogens (tertiary/aromatic N) is 4. The number of benzene rings is 7. The number of para-hydroxylation sites is 2. The normalized spacial score (nSPS) is 12.0. The number of fused-ring (bicyclic) bond motifs is 13. The summed E-state index contributed by atoms with van der Waals surface area (Å²) >= 11 is 0. The Kier molecular flexibility index (Phi) is 5.16. The Labute approximate surface area is 283 Å². The second kappa shape index (κ2) is 9.64. The average molecular weight is 639 g/mol. The Morgan fingerprint density at radius 1 is 0.380 bits per heavy atom. The second-order valence-electron chi connectivity index (χ2n) is 12.8. The zero-order valence-corrected chi connectivity index (χ0v) is 26.3. The lowest BCUT2D eigenvalue weighted by atomic mass is 10.1. The van der Waals surface area contributed by atoms with Crippen LogP contribution in [0.3, 0.4) is 0 Å². The zero-order chi connectivity index (χ0) is 33.1. The van der Waals surface area contributed by atoms with E-state index in [1.165, 1.54) is 10.8 Å². The first-order valence-corrected chi connectivity index (χ1v) is 16.4. The molecule has 4 heterocycles. The van der Waals surface area contributed by atoms with Crippen molar-refractivity contribution < 1.29 is 8.83 Å². The molecule has 230 valence electrons. The summed E-state index contributed by atoms with van der Waals surface area (Å²) in [4.78, 5) is 0. The molecule has 4 aromatic heterocycles. The highest BCUT2D eigenvalue weighted by atomic mass is 16.3. The molecule has 7 aromatic carbocycles. The predicted molar refractivity (Wildman–Crippen MR) is 199 cm³/mol. The highest BCUT2D eigenvalue weighted by Gasteiger charge is 2.20. The third kappa shape index (κ3) is 3.49. The molecular weight excluding hydrogens is 617 g/mol. The third-order valence-corrected chi connectivity index (χ3v) is 10.2. The van der Waals surface area contributed by atoms with Crippen molar-refractivity contribution in [1.82, 2.24) is 9.13 Å². The Balaban J connectivity index is 1.17. The van der Waals surface area contributed by atoms with E-state index in [0.717, 1.165) is 88.1 Å². The molecule has 0 saturated carbocycles. The summed E-state index contributed by atoms with van der Waals surface area (Å²) in [7, 11) is 0. The van der Waals surface area contributed by atoms with Gasteiger partial charge in [-0.1, -0.05) is 36.4 Å². The fourth-order valence-corrected chi connectivity index (χ4v) is 8.02. The Morgan fingerprint density at radius 3 is 1.54 bits per heavy atom. The fourth-order valence-electron chi connectivity index (χ4n) is 8.02. The van der Waals surface area contributed by atoms with Crippen LogP contribution in [0.4, 0.5) is 0 Å². The summed E-state index contributed by atoms with van der Waals surface area (Å²) in [5.41, 5.74) is 10.7. The maximum absolute atomic E-state index is 9.65. The summed E-state index contributed by atoms with van der Waals surface area (Å²) in [6.45, 7) is 0. The van der Waals surface area contributed by atoms with Gasteiger partial charge in [-0.2, -0.15) is 10.5 Å². The summed E-state index contributed by atoms with van der Waals surface area (Å²) in [5.74, 6) is 0.